The van der Waals surface area contributed by atoms with Crippen LogP contribution in [0.4, 0.5) is 0 Å². The number of imidazole rings is 1. The smallest absolute Gasteiger partial charge is 0.217 e. The van der Waals surface area contributed by atoms with E-state index in [9.17, 15) is 0 Å². The summed E-state index contributed by atoms with van der Waals surface area (Å²) in [7, 11) is 1.90. The van der Waals surface area contributed by atoms with Gasteiger partial charge in [-0.15, -0.1) is 5.10 Å². The number of aryl methyl sites for hydroxylation is 2. The molecule has 1 fully saturated rings. The van der Waals surface area contributed by atoms with Crippen LogP contribution in [0.15, 0.2) is 30.9 Å². The Morgan fingerprint density at radius 1 is 1.20 bits per heavy atom. The van der Waals surface area contributed by atoms with Crippen LogP contribution in [-0.2, 0) is 7.05 Å². The molecular weight excluding hydrogens is 338 g/mol. The van der Waals surface area contributed by atoms with Crippen LogP contribution in [0.2, 0.25) is 5.15 Å². The van der Waals surface area contributed by atoms with E-state index in [1.165, 1.54) is 12.8 Å². The van der Waals surface area contributed by atoms with Gasteiger partial charge in [0.2, 0.25) is 5.82 Å². The van der Waals surface area contributed by atoms with Gasteiger partial charge < -0.3 is 4.57 Å². The van der Waals surface area contributed by atoms with Crippen LogP contribution < -0.4 is 0 Å². The molecule has 0 N–H and O–H groups in total. The predicted octanol–water partition coefficient (Wildman–Crippen LogP) is 3.29. The summed E-state index contributed by atoms with van der Waals surface area (Å²) < 4.78 is 5.69. The van der Waals surface area contributed by atoms with Crippen LogP contribution in [0.3, 0.4) is 0 Å². The van der Waals surface area contributed by atoms with Crippen molar-refractivity contribution < 1.29 is 0 Å². The van der Waals surface area contributed by atoms with E-state index >= 15 is 0 Å². The number of fused-ring (bicyclic) bond motifs is 1. The summed E-state index contributed by atoms with van der Waals surface area (Å²) in [6, 6.07) is 2.60. The zero-order valence-corrected chi connectivity index (χ0v) is 14.6. The Bertz CT molecular complexity index is 1100. The van der Waals surface area contributed by atoms with Crippen LogP contribution >= 0.6 is 11.6 Å². The number of nitrogens with zero attached hydrogens (tertiary/aromatic N) is 7. The van der Waals surface area contributed by atoms with Crippen LogP contribution in [0, 0.1) is 6.92 Å². The summed E-state index contributed by atoms with van der Waals surface area (Å²) in [6.07, 6.45) is 10.00. The molecule has 0 saturated heterocycles. The molecule has 0 bridgehead atoms. The lowest BCUT2D eigenvalue weighted by atomic mass is 10.1. The number of rotatable bonds is 3. The molecule has 8 heteroatoms. The molecule has 0 unspecified atom stereocenters. The standard InChI is InChI=1S/C17H16ClN7/c1-10-12(13-5-7-24(21-13)11-3-4-11)9-25-14(10)15(18)20-16(22-25)17-19-6-8-23(17)2/h5-9,11H,3-4H2,1-2H3. The Morgan fingerprint density at radius 3 is 2.76 bits per heavy atom. The maximum absolute atomic E-state index is 6.47. The minimum absolute atomic E-state index is 0.415. The summed E-state index contributed by atoms with van der Waals surface area (Å²) in [6.45, 7) is 2.02. The highest BCUT2D eigenvalue weighted by Gasteiger charge is 2.25. The zero-order valence-electron chi connectivity index (χ0n) is 13.9. The predicted molar refractivity (Wildman–Crippen MR) is 94.4 cm³/mol. The Hall–Kier alpha value is -2.67. The molecule has 4 aromatic rings. The largest absolute Gasteiger partial charge is 0.331 e. The number of hydrogen-bond donors (Lipinski definition) is 0. The summed E-state index contributed by atoms with van der Waals surface area (Å²) in [4.78, 5) is 8.74. The molecule has 7 nitrogen and oxygen atoms in total. The van der Waals surface area contributed by atoms with Crippen molar-refractivity contribution in [2.75, 3.05) is 0 Å². The molecule has 126 valence electrons. The first-order valence-electron chi connectivity index (χ1n) is 8.20. The highest BCUT2D eigenvalue weighted by atomic mass is 35.5. The molecule has 25 heavy (non-hydrogen) atoms. The molecular formula is C17H16ClN7. The average Bonchev–Trinajstić information content (AvgIpc) is 3.01. The van der Waals surface area contributed by atoms with Crippen molar-refractivity contribution >= 4 is 17.1 Å². The molecule has 0 spiro atoms. The zero-order chi connectivity index (χ0) is 17.1. The minimum Gasteiger partial charge on any atom is -0.331 e. The third-order valence-corrected chi connectivity index (χ3v) is 4.93. The van der Waals surface area contributed by atoms with Crippen molar-refractivity contribution in [3.05, 3.63) is 41.6 Å². The highest BCUT2D eigenvalue weighted by molar-refractivity contribution is 6.33. The van der Waals surface area contributed by atoms with Crippen LogP contribution in [0.5, 0.6) is 0 Å². The number of hydrogen-bond acceptors (Lipinski definition) is 4. The maximum Gasteiger partial charge on any atom is 0.217 e. The fraction of sp³-hybridized carbons (Fsp3) is 0.294. The second-order valence-electron chi connectivity index (χ2n) is 6.46. The first-order valence-corrected chi connectivity index (χ1v) is 8.58. The molecule has 4 aromatic heterocycles. The van der Waals surface area contributed by atoms with Gasteiger partial charge in [0, 0.05) is 37.4 Å². The average molecular weight is 354 g/mol. The van der Waals surface area contributed by atoms with E-state index in [0.717, 1.165) is 22.3 Å². The molecule has 1 aliphatic rings. The van der Waals surface area contributed by atoms with E-state index in [1.54, 1.807) is 10.7 Å². The second kappa shape index (κ2) is 5.16. The Morgan fingerprint density at radius 2 is 2.04 bits per heavy atom. The van der Waals surface area contributed by atoms with E-state index in [2.05, 4.69) is 15.1 Å². The Balaban J connectivity index is 1.67. The van der Waals surface area contributed by atoms with Gasteiger partial charge in [0.25, 0.3) is 0 Å². The molecule has 1 saturated carbocycles. The molecule has 0 amide bonds. The lowest BCUT2D eigenvalue weighted by Gasteiger charge is -2.03. The van der Waals surface area contributed by atoms with Crippen molar-refractivity contribution in [1.82, 2.24) is 33.9 Å². The monoisotopic (exact) mass is 353 g/mol. The molecule has 1 aliphatic carbocycles. The van der Waals surface area contributed by atoms with Crippen molar-refractivity contribution in [2.45, 2.75) is 25.8 Å². The van der Waals surface area contributed by atoms with Gasteiger partial charge in [0.05, 0.1) is 11.7 Å². The maximum atomic E-state index is 6.47. The van der Waals surface area contributed by atoms with Gasteiger partial charge in [-0.25, -0.2) is 14.5 Å². The summed E-state index contributed by atoms with van der Waals surface area (Å²) >= 11 is 6.47. The lowest BCUT2D eigenvalue weighted by Crippen LogP contribution is -2.02. The third-order valence-electron chi connectivity index (χ3n) is 4.67. The molecule has 0 atom stereocenters. The van der Waals surface area contributed by atoms with Gasteiger partial charge >= 0.3 is 0 Å². The van der Waals surface area contributed by atoms with E-state index in [1.807, 2.05) is 47.9 Å². The van der Waals surface area contributed by atoms with Gasteiger partial charge in [0.1, 0.15) is 5.52 Å². The normalized spacial score (nSPS) is 14.5. The molecule has 0 aromatic carbocycles. The summed E-state index contributed by atoms with van der Waals surface area (Å²) in [5.41, 5.74) is 3.78. The topological polar surface area (TPSA) is 65.8 Å². The van der Waals surface area contributed by atoms with Gasteiger partial charge in [0.15, 0.2) is 11.0 Å². The highest BCUT2D eigenvalue weighted by Crippen LogP contribution is 2.36. The molecule has 4 heterocycles. The summed E-state index contributed by atoms with van der Waals surface area (Å²) in [5, 5.41) is 9.73. The van der Waals surface area contributed by atoms with Gasteiger partial charge in [-0.2, -0.15) is 5.10 Å². The molecule has 0 radical (unpaired) electrons. The van der Waals surface area contributed by atoms with Crippen molar-refractivity contribution in [2.24, 2.45) is 7.05 Å². The van der Waals surface area contributed by atoms with Gasteiger partial charge in [-0.3, -0.25) is 4.68 Å². The first-order chi connectivity index (χ1) is 12.1. The number of aromatic nitrogens is 7. The fourth-order valence-corrected chi connectivity index (χ4v) is 3.45. The van der Waals surface area contributed by atoms with Crippen molar-refractivity contribution in [3.8, 4) is 22.9 Å². The molecule has 0 aliphatic heterocycles. The SMILES string of the molecule is Cc1c(-c2ccn(C3CC3)n2)cn2nc(-c3nccn3C)nc(Cl)c12. The van der Waals surface area contributed by atoms with Crippen LogP contribution in [0.25, 0.3) is 28.4 Å². The van der Waals surface area contributed by atoms with Crippen molar-refractivity contribution in [3.63, 3.8) is 0 Å². The van der Waals surface area contributed by atoms with E-state index in [4.69, 9.17) is 16.7 Å². The van der Waals surface area contributed by atoms with Crippen LogP contribution in [-0.4, -0.2) is 33.9 Å². The number of halogens is 1. The molecule has 5 rings (SSSR count). The third kappa shape index (κ3) is 2.26. The minimum atomic E-state index is 0.415. The van der Waals surface area contributed by atoms with Crippen LogP contribution in [0.1, 0.15) is 24.4 Å². The fourth-order valence-electron chi connectivity index (χ4n) is 3.14. The Labute approximate surface area is 148 Å². The van der Waals surface area contributed by atoms with Gasteiger partial charge in [-0.05, 0) is 31.4 Å². The van der Waals surface area contributed by atoms with Gasteiger partial charge in [-0.1, -0.05) is 11.6 Å². The second-order valence-corrected chi connectivity index (χ2v) is 6.82. The van der Waals surface area contributed by atoms with E-state index in [-0.39, 0.29) is 0 Å². The Kier molecular flexibility index (Phi) is 3.03. The summed E-state index contributed by atoms with van der Waals surface area (Å²) in [5.74, 6) is 1.17. The van der Waals surface area contributed by atoms with E-state index in [0.29, 0.717) is 22.8 Å². The first kappa shape index (κ1) is 14.7. The quantitative estimate of drug-likeness (QED) is 0.567. The lowest BCUT2D eigenvalue weighted by molar-refractivity contribution is 0.644. The van der Waals surface area contributed by atoms with Crippen molar-refractivity contribution in [1.29, 1.82) is 0 Å². The van der Waals surface area contributed by atoms with E-state index < -0.39 is 0 Å².